The minimum atomic E-state index is 0.572. The lowest BCUT2D eigenvalue weighted by atomic mass is 10.1. The molecule has 0 fully saturated rings. The summed E-state index contributed by atoms with van der Waals surface area (Å²) in [7, 11) is 0. The summed E-state index contributed by atoms with van der Waals surface area (Å²) in [5, 5.41) is 1.14. The van der Waals surface area contributed by atoms with Crippen LogP contribution in [0.5, 0.6) is 0 Å². The number of hydrogen-bond acceptors (Lipinski definition) is 2. The first kappa shape index (κ1) is 7.37. The Hall–Kier alpha value is -1.28. The van der Waals surface area contributed by atoms with Gasteiger partial charge in [0.25, 0.3) is 0 Å². The first-order chi connectivity index (χ1) is 5.83. The van der Waals surface area contributed by atoms with E-state index in [0.717, 1.165) is 11.0 Å². The van der Waals surface area contributed by atoms with Crippen LogP contribution in [-0.2, 0) is 6.54 Å². The van der Waals surface area contributed by atoms with E-state index in [0.29, 0.717) is 6.54 Å². The molecule has 2 nitrogen and oxygen atoms in total. The Kier molecular flexibility index (Phi) is 1.62. The second-order valence-corrected chi connectivity index (χ2v) is 2.90. The molecular weight excluding hydrogens is 150 g/mol. The second kappa shape index (κ2) is 2.64. The van der Waals surface area contributed by atoms with Crippen LogP contribution in [-0.4, -0.2) is 0 Å². The second-order valence-electron chi connectivity index (χ2n) is 2.90. The van der Waals surface area contributed by atoms with E-state index in [1.54, 1.807) is 6.26 Å². The van der Waals surface area contributed by atoms with Gasteiger partial charge in [0.2, 0.25) is 0 Å². The molecular formula is C10H11NO. The number of nitrogens with two attached hydrogens (primary N) is 1. The third kappa shape index (κ3) is 0.924. The highest BCUT2D eigenvalue weighted by Crippen LogP contribution is 2.22. The van der Waals surface area contributed by atoms with E-state index in [1.807, 2.05) is 18.2 Å². The average molecular weight is 161 g/mol. The van der Waals surface area contributed by atoms with Crippen LogP contribution in [0.25, 0.3) is 11.0 Å². The Morgan fingerprint density at radius 3 is 2.92 bits per heavy atom. The molecule has 0 atom stereocenters. The van der Waals surface area contributed by atoms with E-state index < -0.39 is 0 Å². The molecule has 0 unspecified atom stereocenters. The predicted octanol–water partition coefficient (Wildman–Crippen LogP) is 2.20. The number of benzene rings is 1. The molecule has 2 aromatic rings. The first-order valence-corrected chi connectivity index (χ1v) is 3.98. The van der Waals surface area contributed by atoms with Crippen LogP contribution >= 0.6 is 0 Å². The molecule has 0 saturated heterocycles. The van der Waals surface area contributed by atoms with Gasteiger partial charge in [0, 0.05) is 11.9 Å². The van der Waals surface area contributed by atoms with Gasteiger partial charge in [0.05, 0.1) is 6.26 Å². The molecule has 2 rings (SSSR count). The van der Waals surface area contributed by atoms with Gasteiger partial charge < -0.3 is 10.2 Å². The van der Waals surface area contributed by atoms with Gasteiger partial charge in [0.15, 0.2) is 0 Å². The zero-order valence-electron chi connectivity index (χ0n) is 7.00. The Morgan fingerprint density at radius 2 is 2.17 bits per heavy atom. The fraction of sp³-hybridized carbons (Fsp3) is 0.200. The highest BCUT2D eigenvalue weighted by Gasteiger charge is 2.03. The molecule has 0 saturated carbocycles. The molecule has 1 aromatic heterocycles. The summed E-state index contributed by atoms with van der Waals surface area (Å²) in [6, 6.07) is 5.97. The first-order valence-electron chi connectivity index (χ1n) is 3.98. The van der Waals surface area contributed by atoms with Crippen LogP contribution < -0.4 is 5.73 Å². The Balaban J connectivity index is 2.83. The van der Waals surface area contributed by atoms with Gasteiger partial charge in [-0.2, -0.15) is 0 Å². The third-order valence-corrected chi connectivity index (χ3v) is 2.19. The Bertz CT molecular complexity index is 403. The molecule has 1 aromatic carbocycles. The SMILES string of the molecule is Cc1ccc2occc2c1CN. The van der Waals surface area contributed by atoms with Crippen LogP contribution in [0.4, 0.5) is 0 Å². The van der Waals surface area contributed by atoms with E-state index in [-0.39, 0.29) is 0 Å². The molecule has 0 amide bonds. The van der Waals surface area contributed by atoms with Crippen LogP contribution in [0.3, 0.4) is 0 Å². The third-order valence-electron chi connectivity index (χ3n) is 2.19. The highest BCUT2D eigenvalue weighted by atomic mass is 16.3. The fourth-order valence-electron chi connectivity index (χ4n) is 1.48. The maximum atomic E-state index is 5.63. The molecule has 12 heavy (non-hydrogen) atoms. The van der Waals surface area contributed by atoms with E-state index in [9.17, 15) is 0 Å². The number of aryl methyl sites for hydroxylation is 1. The molecule has 0 aliphatic heterocycles. The van der Waals surface area contributed by atoms with Crippen molar-refractivity contribution in [3.8, 4) is 0 Å². The highest BCUT2D eigenvalue weighted by molar-refractivity contribution is 5.82. The molecule has 2 heteroatoms. The zero-order chi connectivity index (χ0) is 8.55. The molecule has 62 valence electrons. The number of hydrogen-bond donors (Lipinski definition) is 1. The van der Waals surface area contributed by atoms with Crippen LogP contribution in [0.2, 0.25) is 0 Å². The summed E-state index contributed by atoms with van der Waals surface area (Å²) < 4.78 is 5.26. The molecule has 0 radical (unpaired) electrons. The van der Waals surface area contributed by atoms with Gasteiger partial charge in [-0.25, -0.2) is 0 Å². The summed E-state index contributed by atoms with van der Waals surface area (Å²) in [4.78, 5) is 0. The number of fused-ring (bicyclic) bond motifs is 1. The maximum Gasteiger partial charge on any atom is 0.134 e. The molecule has 0 aliphatic carbocycles. The summed E-state index contributed by atoms with van der Waals surface area (Å²) >= 11 is 0. The van der Waals surface area contributed by atoms with Crippen molar-refractivity contribution in [2.24, 2.45) is 5.73 Å². The summed E-state index contributed by atoms with van der Waals surface area (Å²) in [5.74, 6) is 0. The van der Waals surface area contributed by atoms with Gasteiger partial charge in [0.1, 0.15) is 5.58 Å². The van der Waals surface area contributed by atoms with Crippen molar-refractivity contribution in [1.29, 1.82) is 0 Å². The van der Waals surface area contributed by atoms with Gasteiger partial charge >= 0.3 is 0 Å². The van der Waals surface area contributed by atoms with Crippen molar-refractivity contribution in [2.45, 2.75) is 13.5 Å². The van der Waals surface area contributed by atoms with Crippen molar-refractivity contribution >= 4 is 11.0 Å². The lowest BCUT2D eigenvalue weighted by molar-refractivity contribution is 0.615. The van der Waals surface area contributed by atoms with E-state index in [4.69, 9.17) is 10.2 Å². The van der Waals surface area contributed by atoms with Gasteiger partial charge in [-0.1, -0.05) is 6.07 Å². The monoisotopic (exact) mass is 161 g/mol. The maximum absolute atomic E-state index is 5.63. The molecule has 1 heterocycles. The molecule has 0 aliphatic rings. The normalized spacial score (nSPS) is 10.8. The summed E-state index contributed by atoms with van der Waals surface area (Å²) in [6.07, 6.45) is 1.70. The topological polar surface area (TPSA) is 39.2 Å². The smallest absolute Gasteiger partial charge is 0.134 e. The van der Waals surface area contributed by atoms with Gasteiger partial charge in [-0.05, 0) is 30.2 Å². The van der Waals surface area contributed by atoms with E-state index in [2.05, 4.69) is 6.92 Å². The summed E-state index contributed by atoms with van der Waals surface area (Å²) in [5.41, 5.74) is 8.96. The lowest BCUT2D eigenvalue weighted by Crippen LogP contribution is -1.98. The Labute approximate surface area is 71.0 Å². The fourth-order valence-corrected chi connectivity index (χ4v) is 1.48. The van der Waals surface area contributed by atoms with Crippen molar-refractivity contribution < 1.29 is 4.42 Å². The van der Waals surface area contributed by atoms with Crippen molar-refractivity contribution in [2.75, 3.05) is 0 Å². The minimum absolute atomic E-state index is 0.572. The van der Waals surface area contributed by atoms with Crippen LogP contribution in [0.1, 0.15) is 11.1 Å². The standard InChI is InChI=1S/C10H11NO/c1-7-2-3-10-8(4-5-12-10)9(7)6-11/h2-5H,6,11H2,1H3. The van der Waals surface area contributed by atoms with Gasteiger partial charge in [-0.15, -0.1) is 0 Å². The number of rotatable bonds is 1. The average Bonchev–Trinajstić information content (AvgIpc) is 2.52. The number of furan rings is 1. The minimum Gasteiger partial charge on any atom is -0.464 e. The largest absolute Gasteiger partial charge is 0.464 e. The van der Waals surface area contributed by atoms with Crippen molar-refractivity contribution in [3.63, 3.8) is 0 Å². The van der Waals surface area contributed by atoms with Crippen molar-refractivity contribution in [3.05, 3.63) is 35.6 Å². The quantitative estimate of drug-likeness (QED) is 0.696. The summed E-state index contributed by atoms with van der Waals surface area (Å²) in [6.45, 7) is 2.64. The van der Waals surface area contributed by atoms with Crippen molar-refractivity contribution in [1.82, 2.24) is 0 Å². The molecule has 0 spiro atoms. The van der Waals surface area contributed by atoms with Crippen LogP contribution in [0.15, 0.2) is 28.9 Å². The molecule has 2 N–H and O–H groups in total. The van der Waals surface area contributed by atoms with Crippen LogP contribution in [0, 0.1) is 6.92 Å². The predicted molar refractivity (Wildman–Crippen MR) is 48.8 cm³/mol. The zero-order valence-corrected chi connectivity index (χ0v) is 7.00. The Morgan fingerprint density at radius 1 is 1.33 bits per heavy atom. The van der Waals surface area contributed by atoms with E-state index >= 15 is 0 Å². The lowest BCUT2D eigenvalue weighted by Gasteiger charge is -2.02. The van der Waals surface area contributed by atoms with Gasteiger partial charge in [-0.3, -0.25) is 0 Å². The molecule has 0 bridgehead atoms. The van der Waals surface area contributed by atoms with E-state index in [1.165, 1.54) is 11.1 Å².